The third-order valence-corrected chi connectivity index (χ3v) is 6.99. The molecule has 1 N–H and O–H groups in total. The summed E-state index contributed by atoms with van der Waals surface area (Å²) >= 11 is 1.25. The number of amides is 3. The Morgan fingerprint density at radius 3 is 2.61 bits per heavy atom. The number of halogens is 2. The Bertz CT molecular complexity index is 1250. The molecule has 2 atom stereocenters. The van der Waals surface area contributed by atoms with Crippen LogP contribution in [-0.2, 0) is 11.2 Å². The first kappa shape index (κ1) is 25.2. The van der Waals surface area contributed by atoms with Crippen LogP contribution in [0.3, 0.4) is 0 Å². The fourth-order valence-electron chi connectivity index (χ4n) is 4.21. The molecule has 0 bridgehead atoms. The maximum absolute atomic E-state index is 13.5. The van der Waals surface area contributed by atoms with Crippen molar-refractivity contribution in [3.63, 3.8) is 0 Å². The molecule has 2 aliphatic heterocycles. The zero-order valence-electron chi connectivity index (χ0n) is 19.1. The van der Waals surface area contributed by atoms with Crippen LogP contribution in [0.4, 0.5) is 8.78 Å². The summed E-state index contributed by atoms with van der Waals surface area (Å²) < 4.78 is 27.1. The molecule has 2 saturated heterocycles. The standard InChI is InChI=1S/C24H22F2N6O3S/c25-24(26)8-18(10-28)32(14-24)21(33)11-29-22(34)19-13-36-20(30-19)7-15-1-3-17(4-2-15)23(35)31-6-5-16(9-27)12-31/h1-4,13,16,18H,5-8,11-12,14H2,(H,29,34)/t16?,18-/m0/s1. The zero-order chi connectivity index (χ0) is 25.9. The van der Waals surface area contributed by atoms with Crippen LogP contribution >= 0.6 is 11.3 Å². The Morgan fingerprint density at radius 2 is 1.94 bits per heavy atom. The number of nitrogens with zero attached hydrogens (tertiary/aromatic N) is 5. The van der Waals surface area contributed by atoms with E-state index in [0.717, 1.165) is 10.5 Å². The molecule has 1 aromatic carbocycles. The summed E-state index contributed by atoms with van der Waals surface area (Å²) in [5.74, 6) is -4.73. The van der Waals surface area contributed by atoms with Crippen LogP contribution in [0.5, 0.6) is 0 Å². The van der Waals surface area contributed by atoms with Gasteiger partial charge in [0.25, 0.3) is 17.7 Å². The number of likely N-dealkylation sites (tertiary alicyclic amines) is 2. The lowest BCUT2D eigenvalue weighted by Gasteiger charge is -2.19. The molecule has 0 aliphatic carbocycles. The topological polar surface area (TPSA) is 130 Å². The quantitative estimate of drug-likeness (QED) is 0.632. The molecule has 4 rings (SSSR count). The normalized spacial score (nSPS) is 20.6. The molecule has 1 aromatic heterocycles. The van der Waals surface area contributed by atoms with Crippen LogP contribution < -0.4 is 5.32 Å². The van der Waals surface area contributed by atoms with E-state index in [2.05, 4.69) is 16.4 Å². The average molecular weight is 513 g/mol. The van der Waals surface area contributed by atoms with Gasteiger partial charge in [0, 0.05) is 36.9 Å². The van der Waals surface area contributed by atoms with Crippen LogP contribution in [0.25, 0.3) is 0 Å². The van der Waals surface area contributed by atoms with Crippen LogP contribution in [0.2, 0.25) is 0 Å². The Hall–Kier alpha value is -3.90. The molecule has 2 fully saturated rings. The minimum Gasteiger partial charge on any atom is -0.342 e. The number of benzene rings is 1. The number of nitriles is 2. The van der Waals surface area contributed by atoms with Crippen LogP contribution in [0.1, 0.15) is 44.3 Å². The second-order valence-electron chi connectivity index (χ2n) is 8.78. The van der Waals surface area contributed by atoms with Gasteiger partial charge in [-0.2, -0.15) is 10.5 Å². The van der Waals surface area contributed by atoms with Crippen LogP contribution in [-0.4, -0.2) is 70.6 Å². The first-order valence-corrected chi connectivity index (χ1v) is 12.1. The number of alkyl halides is 2. The SMILES string of the molecule is N#CC1CCN(C(=O)c2ccc(Cc3nc(C(=O)NCC(=O)N4CC(F)(F)C[C@H]4C#N)cs3)cc2)C1. The zero-order valence-corrected chi connectivity index (χ0v) is 19.9. The Morgan fingerprint density at radius 1 is 1.19 bits per heavy atom. The van der Waals surface area contributed by atoms with Gasteiger partial charge < -0.3 is 15.1 Å². The molecular weight excluding hydrogens is 490 g/mol. The largest absolute Gasteiger partial charge is 0.342 e. The monoisotopic (exact) mass is 512 g/mol. The number of hydrogen-bond acceptors (Lipinski definition) is 7. The molecule has 3 amide bonds. The molecule has 0 saturated carbocycles. The van der Waals surface area contributed by atoms with Crippen molar-refractivity contribution in [3.8, 4) is 12.1 Å². The highest BCUT2D eigenvalue weighted by Gasteiger charge is 2.47. The molecule has 9 nitrogen and oxygen atoms in total. The number of carbonyl (C=O) groups excluding carboxylic acids is 3. The van der Waals surface area contributed by atoms with E-state index in [0.29, 0.717) is 36.5 Å². The highest BCUT2D eigenvalue weighted by Crippen LogP contribution is 2.31. The van der Waals surface area contributed by atoms with E-state index in [1.165, 1.54) is 16.7 Å². The smallest absolute Gasteiger partial charge is 0.271 e. The van der Waals surface area contributed by atoms with Gasteiger partial charge in [0.05, 0.1) is 36.2 Å². The highest BCUT2D eigenvalue weighted by molar-refractivity contribution is 7.09. The van der Waals surface area contributed by atoms with Crippen molar-refractivity contribution < 1.29 is 23.2 Å². The van der Waals surface area contributed by atoms with Gasteiger partial charge in [-0.3, -0.25) is 14.4 Å². The first-order chi connectivity index (χ1) is 17.2. The molecule has 0 radical (unpaired) electrons. The molecule has 12 heteroatoms. The Kier molecular flexibility index (Phi) is 7.27. The molecule has 0 spiro atoms. The van der Waals surface area contributed by atoms with Crippen LogP contribution in [0, 0.1) is 28.6 Å². The molecular formula is C24H22F2N6O3S. The van der Waals surface area contributed by atoms with Gasteiger partial charge in [-0.15, -0.1) is 11.3 Å². The number of nitrogens with one attached hydrogen (secondary N) is 1. The maximum atomic E-state index is 13.5. The van der Waals surface area contributed by atoms with Gasteiger partial charge in [-0.05, 0) is 24.1 Å². The summed E-state index contributed by atoms with van der Waals surface area (Å²) in [6, 6.07) is 9.73. The predicted octanol–water partition coefficient (Wildman–Crippen LogP) is 2.21. The molecule has 3 heterocycles. The summed E-state index contributed by atoms with van der Waals surface area (Å²) in [5, 5.41) is 22.6. The second kappa shape index (κ2) is 10.4. The van der Waals surface area contributed by atoms with Crippen molar-refractivity contribution in [2.75, 3.05) is 26.2 Å². The minimum absolute atomic E-state index is 0.0965. The van der Waals surface area contributed by atoms with Crippen molar-refractivity contribution in [2.24, 2.45) is 5.92 Å². The van der Waals surface area contributed by atoms with Crippen molar-refractivity contribution in [3.05, 3.63) is 51.5 Å². The second-order valence-corrected chi connectivity index (χ2v) is 9.72. The molecule has 1 unspecified atom stereocenters. The lowest BCUT2D eigenvalue weighted by molar-refractivity contribution is -0.131. The van der Waals surface area contributed by atoms with E-state index in [4.69, 9.17) is 10.5 Å². The van der Waals surface area contributed by atoms with E-state index in [9.17, 15) is 23.2 Å². The third kappa shape index (κ3) is 5.66. The van der Waals surface area contributed by atoms with Gasteiger partial charge in [-0.25, -0.2) is 13.8 Å². The van der Waals surface area contributed by atoms with E-state index in [1.54, 1.807) is 23.1 Å². The van der Waals surface area contributed by atoms with E-state index in [1.807, 2.05) is 12.1 Å². The Balaban J connectivity index is 1.29. The molecule has 2 aromatic rings. The van der Waals surface area contributed by atoms with Gasteiger partial charge in [0.1, 0.15) is 11.7 Å². The fourth-order valence-corrected chi connectivity index (χ4v) is 5.02. The van der Waals surface area contributed by atoms with E-state index in [-0.39, 0.29) is 17.5 Å². The minimum atomic E-state index is -3.12. The average Bonchev–Trinajstić information content (AvgIpc) is 3.60. The van der Waals surface area contributed by atoms with Gasteiger partial charge >= 0.3 is 0 Å². The van der Waals surface area contributed by atoms with Crippen molar-refractivity contribution in [1.82, 2.24) is 20.1 Å². The molecule has 36 heavy (non-hydrogen) atoms. The van der Waals surface area contributed by atoms with Gasteiger partial charge in [0.15, 0.2) is 0 Å². The van der Waals surface area contributed by atoms with Crippen molar-refractivity contribution >= 4 is 29.1 Å². The Labute approximate surface area is 209 Å². The van der Waals surface area contributed by atoms with Crippen molar-refractivity contribution in [2.45, 2.75) is 31.2 Å². The number of hydrogen-bond donors (Lipinski definition) is 1. The fraction of sp³-hybridized carbons (Fsp3) is 0.417. The summed E-state index contributed by atoms with van der Waals surface area (Å²) in [4.78, 5) is 44.0. The predicted molar refractivity (Wildman–Crippen MR) is 124 cm³/mol. The summed E-state index contributed by atoms with van der Waals surface area (Å²) in [7, 11) is 0. The summed E-state index contributed by atoms with van der Waals surface area (Å²) in [6.07, 6.45) is 0.398. The van der Waals surface area contributed by atoms with Gasteiger partial charge in [0.2, 0.25) is 5.91 Å². The van der Waals surface area contributed by atoms with E-state index >= 15 is 0 Å². The molecule has 2 aliphatic rings. The van der Waals surface area contributed by atoms with Crippen molar-refractivity contribution in [1.29, 1.82) is 10.5 Å². The highest BCUT2D eigenvalue weighted by atomic mass is 32.1. The number of rotatable bonds is 6. The summed E-state index contributed by atoms with van der Waals surface area (Å²) in [6.45, 7) is -0.348. The lowest BCUT2D eigenvalue weighted by atomic mass is 10.1. The lowest BCUT2D eigenvalue weighted by Crippen LogP contribution is -2.43. The number of carbonyl (C=O) groups is 3. The first-order valence-electron chi connectivity index (χ1n) is 11.3. The number of thiazole rings is 1. The van der Waals surface area contributed by atoms with E-state index < -0.39 is 43.3 Å². The maximum Gasteiger partial charge on any atom is 0.271 e. The van der Waals surface area contributed by atoms with Crippen LogP contribution in [0.15, 0.2) is 29.6 Å². The van der Waals surface area contributed by atoms with Gasteiger partial charge in [-0.1, -0.05) is 12.1 Å². The molecule has 186 valence electrons. The number of aromatic nitrogens is 1. The summed E-state index contributed by atoms with van der Waals surface area (Å²) in [5.41, 5.74) is 1.52. The third-order valence-electron chi connectivity index (χ3n) is 6.14.